The molecule has 1 amide bonds. The van der Waals surface area contributed by atoms with Crippen LogP contribution < -0.4 is 10.2 Å². The second kappa shape index (κ2) is 8.78. The second-order valence-corrected chi connectivity index (χ2v) is 9.53. The number of fused-ring (bicyclic) bond motifs is 1. The molecule has 0 aromatic carbocycles. The number of morpholine rings is 1. The summed E-state index contributed by atoms with van der Waals surface area (Å²) in [6.07, 6.45) is 4.29. The Morgan fingerprint density at radius 1 is 1.25 bits per heavy atom. The molecular weight excluding hydrogens is 438 g/mol. The van der Waals surface area contributed by atoms with Gasteiger partial charge in [-0.1, -0.05) is 18.3 Å². The molecule has 1 N–H and O–H groups in total. The van der Waals surface area contributed by atoms with Crippen LogP contribution in [0, 0.1) is 5.92 Å². The van der Waals surface area contributed by atoms with E-state index in [1.165, 1.54) is 15.9 Å². The Kier molecular flexibility index (Phi) is 5.85. The predicted molar refractivity (Wildman–Crippen MR) is 119 cm³/mol. The number of hydrogen-bond donors (Lipinski definition) is 1. The molecule has 0 bridgehead atoms. The predicted octanol–water partition coefficient (Wildman–Crippen LogP) is 4.90. The van der Waals surface area contributed by atoms with Crippen molar-refractivity contribution < 1.29 is 18.3 Å². The number of hydrogen-bond acceptors (Lipinski definition) is 6. The largest absolute Gasteiger partial charge is 0.378 e. The Balaban J connectivity index is 1.37. The number of carbonyl (C=O) groups is 1. The van der Waals surface area contributed by atoms with Gasteiger partial charge in [-0.15, -0.1) is 0 Å². The summed E-state index contributed by atoms with van der Waals surface area (Å²) in [5.74, 6) is 0.646. The Morgan fingerprint density at radius 2 is 2.00 bits per heavy atom. The summed E-state index contributed by atoms with van der Waals surface area (Å²) in [5, 5.41) is 7.59. The molecule has 3 aromatic heterocycles. The average molecular weight is 465 g/mol. The maximum atomic E-state index is 13.7. The number of rotatable bonds is 4. The highest BCUT2D eigenvalue weighted by Gasteiger charge is 2.26. The van der Waals surface area contributed by atoms with Gasteiger partial charge in [-0.3, -0.25) is 9.25 Å². The number of thiazole rings is 1. The van der Waals surface area contributed by atoms with E-state index in [1.54, 1.807) is 17.1 Å². The molecule has 32 heavy (non-hydrogen) atoms. The summed E-state index contributed by atoms with van der Waals surface area (Å²) < 4.78 is 36.5. The minimum atomic E-state index is -2.77. The van der Waals surface area contributed by atoms with Crippen LogP contribution in [0.4, 0.5) is 24.4 Å². The lowest BCUT2D eigenvalue weighted by Gasteiger charge is -2.26. The first kappa shape index (κ1) is 21.3. The van der Waals surface area contributed by atoms with Crippen LogP contribution in [0.2, 0.25) is 0 Å². The van der Waals surface area contributed by atoms with Crippen LogP contribution in [0.15, 0.2) is 18.5 Å². The van der Waals surface area contributed by atoms with Crippen LogP contribution in [0.3, 0.4) is 0 Å². The molecule has 3 aromatic rings. The molecule has 0 spiro atoms. The van der Waals surface area contributed by atoms with Crippen molar-refractivity contribution >= 4 is 38.5 Å². The molecule has 1 aliphatic heterocycles. The topological polar surface area (TPSA) is 77.2 Å². The summed E-state index contributed by atoms with van der Waals surface area (Å²) in [4.78, 5) is 19.7. The van der Waals surface area contributed by atoms with Gasteiger partial charge in [-0.2, -0.15) is 5.10 Å². The third kappa shape index (κ3) is 4.11. The minimum Gasteiger partial charge on any atom is -0.378 e. The zero-order valence-corrected chi connectivity index (χ0v) is 18.7. The van der Waals surface area contributed by atoms with Gasteiger partial charge >= 0.3 is 6.03 Å². The van der Waals surface area contributed by atoms with E-state index in [4.69, 9.17) is 4.74 Å². The second-order valence-electron chi connectivity index (χ2n) is 8.52. The van der Waals surface area contributed by atoms with Crippen molar-refractivity contribution in [2.75, 3.05) is 36.5 Å². The fourth-order valence-corrected chi connectivity index (χ4v) is 5.40. The number of anilines is 2. The quantitative estimate of drug-likeness (QED) is 0.594. The fourth-order valence-electron chi connectivity index (χ4n) is 4.39. The standard InChI is InChI=1S/C21H26F2N6O2S/c1-13-2-4-14(5-3-13)29-12-15(17(26-29)18(22)23)24-20(30)28-7-6-16-19(28)25-21(32-16)27-8-10-31-11-9-27/h6-7,12-14,18H,2-5,8-11H2,1H3,(H,24,30). The van der Waals surface area contributed by atoms with Crippen LogP contribution in [0.5, 0.6) is 0 Å². The molecule has 0 radical (unpaired) electrons. The Morgan fingerprint density at radius 3 is 2.72 bits per heavy atom. The van der Waals surface area contributed by atoms with E-state index in [2.05, 4.69) is 27.2 Å². The molecule has 2 aliphatic rings. The van der Waals surface area contributed by atoms with Crippen molar-refractivity contribution in [1.29, 1.82) is 0 Å². The Hall–Kier alpha value is -2.53. The SMILES string of the molecule is CC1CCC(n2cc(NC(=O)n3ccc4sc(N5CCOCC5)nc43)c(C(F)F)n2)CC1. The first-order valence-corrected chi connectivity index (χ1v) is 11.8. The molecule has 8 nitrogen and oxygen atoms in total. The van der Waals surface area contributed by atoms with Crippen molar-refractivity contribution in [2.24, 2.45) is 5.92 Å². The maximum Gasteiger partial charge on any atom is 0.331 e. The van der Waals surface area contributed by atoms with E-state index in [-0.39, 0.29) is 11.7 Å². The first-order chi connectivity index (χ1) is 15.5. The van der Waals surface area contributed by atoms with Gasteiger partial charge < -0.3 is 15.0 Å². The molecule has 0 unspecified atom stereocenters. The van der Waals surface area contributed by atoms with E-state index < -0.39 is 18.2 Å². The van der Waals surface area contributed by atoms with E-state index in [9.17, 15) is 13.6 Å². The smallest absolute Gasteiger partial charge is 0.331 e. The van der Waals surface area contributed by atoms with Crippen LogP contribution in [0.25, 0.3) is 10.3 Å². The molecule has 1 saturated carbocycles. The van der Waals surface area contributed by atoms with Crippen LogP contribution in [-0.2, 0) is 4.74 Å². The first-order valence-electron chi connectivity index (χ1n) is 11.0. The number of nitrogens with one attached hydrogen (secondary N) is 1. The molecule has 1 saturated heterocycles. The van der Waals surface area contributed by atoms with Crippen molar-refractivity contribution in [3.05, 3.63) is 24.2 Å². The lowest BCUT2D eigenvalue weighted by molar-refractivity contribution is 0.122. The summed E-state index contributed by atoms with van der Waals surface area (Å²) in [6, 6.07) is 1.37. The Bertz CT molecular complexity index is 1100. The molecule has 2 fully saturated rings. The van der Waals surface area contributed by atoms with E-state index in [1.807, 2.05) is 6.07 Å². The molecule has 11 heteroatoms. The van der Waals surface area contributed by atoms with Gasteiger partial charge in [0.1, 0.15) is 0 Å². The molecule has 0 atom stereocenters. The number of nitrogens with zero attached hydrogens (tertiary/aromatic N) is 5. The highest BCUT2D eigenvalue weighted by molar-refractivity contribution is 7.22. The monoisotopic (exact) mass is 464 g/mol. The number of carbonyl (C=O) groups excluding carboxylic acids is 1. The highest BCUT2D eigenvalue weighted by Crippen LogP contribution is 2.35. The van der Waals surface area contributed by atoms with E-state index in [0.717, 1.165) is 48.6 Å². The van der Waals surface area contributed by atoms with Crippen molar-refractivity contribution in [2.45, 2.75) is 45.1 Å². The van der Waals surface area contributed by atoms with Crippen molar-refractivity contribution in [1.82, 2.24) is 19.3 Å². The van der Waals surface area contributed by atoms with Gasteiger partial charge in [0.15, 0.2) is 16.5 Å². The van der Waals surface area contributed by atoms with Gasteiger partial charge in [0.2, 0.25) is 0 Å². The number of alkyl halides is 2. The van der Waals surface area contributed by atoms with Crippen LogP contribution in [-0.4, -0.2) is 51.7 Å². The fraction of sp³-hybridized carbons (Fsp3) is 0.571. The van der Waals surface area contributed by atoms with Gasteiger partial charge in [-0.25, -0.2) is 18.6 Å². The molecule has 5 rings (SSSR count). The third-order valence-electron chi connectivity index (χ3n) is 6.30. The van der Waals surface area contributed by atoms with E-state index in [0.29, 0.717) is 24.8 Å². The van der Waals surface area contributed by atoms with Crippen LogP contribution in [0.1, 0.15) is 50.8 Å². The highest BCUT2D eigenvalue weighted by atomic mass is 32.1. The third-order valence-corrected chi connectivity index (χ3v) is 7.37. The molecular formula is C21H26F2N6O2S. The lowest BCUT2D eigenvalue weighted by Crippen LogP contribution is -2.36. The summed E-state index contributed by atoms with van der Waals surface area (Å²) >= 11 is 1.50. The number of aromatic nitrogens is 4. The minimum absolute atomic E-state index is 0.0501. The van der Waals surface area contributed by atoms with Gasteiger partial charge in [0, 0.05) is 25.5 Å². The molecule has 172 valence electrons. The van der Waals surface area contributed by atoms with E-state index >= 15 is 0 Å². The van der Waals surface area contributed by atoms with Gasteiger partial charge in [0.25, 0.3) is 6.43 Å². The van der Waals surface area contributed by atoms with Gasteiger partial charge in [-0.05, 0) is 37.7 Å². The van der Waals surface area contributed by atoms with Gasteiger partial charge in [0.05, 0.1) is 29.6 Å². The molecule has 4 heterocycles. The molecule has 1 aliphatic carbocycles. The number of ether oxygens (including phenoxy) is 1. The normalized spacial score (nSPS) is 22.1. The Labute approximate surface area is 188 Å². The maximum absolute atomic E-state index is 13.7. The zero-order valence-electron chi connectivity index (χ0n) is 17.8. The lowest BCUT2D eigenvalue weighted by atomic mass is 9.87. The number of halogens is 2. The number of amides is 1. The summed E-state index contributed by atoms with van der Waals surface area (Å²) in [6.45, 7) is 4.99. The van der Waals surface area contributed by atoms with Crippen molar-refractivity contribution in [3.8, 4) is 0 Å². The van der Waals surface area contributed by atoms with Crippen molar-refractivity contribution in [3.63, 3.8) is 0 Å². The summed E-state index contributed by atoms with van der Waals surface area (Å²) in [7, 11) is 0. The summed E-state index contributed by atoms with van der Waals surface area (Å²) in [5.41, 5.74) is 0.169. The average Bonchev–Trinajstić information content (AvgIpc) is 3.49. The van der Waals surface area contributed by atoms with Crippen LogP contribution >= 0.6 is 11.3 Å². The zero-order chi connectivity index (χ0) is 22.2.